The molecule has 2 aromatic rings. The lowest BCUT2D eigenvalue weighted by molar-refractivity contribution is -0.131. The molecule has 1 aromatic carbocycles. The van der Waals surface area contributed by atoms with E-state index in [-0.39, 0.29) is 34.5 Å². The molecule has 3 aliphatic rings. The van der Waals surface area contributed by atoms with Crippen molar-refractivity contribution < 1.29 is 37.1 Å². The first-order chi connectivity index (χ1) is 17.7. The van der Waals surface area contributed by atoms with Crippen LogP contribution in [-0.2, 0) is 9.59 Å². The van der Waals surface area contributed by atoms with Crippen molar-refractivity contribution in [1.29, 1.82) is 0 Å². The van der Waals surface area contributed by atoms with Gasteiger partial charge in [-0.1, -0.05) is 6.07 Å². The van der Waals surface area contributed by atoms with Crippen LogP contribution in [0.3, 0.4) is 0 Å². The van der Waals surface area contributed by atoms with Crippen molar-refractivity contribution in [1.82, 2.24) is 9.88 Å². The van der Waals surface area contributed by atoms with Gasteiger partial charge in [0.25, 0.3) is 17.7 Å². The van der Waals surface area contributed by atoms with E-state index in [0.717, 1.165) is 24.3 Å². The zero-order valence-corrected chi connectivity index (χ0v) is 19.4. The molecule has 0 saturated heterocycles. The number of nitrogens with zero attached hydrogens (tertiary/aromatic N) is 3. The molecule has 0 fully saturated rings. The number of esters is 2. The number of likely N-dealkylation sites (N-methyl/N-ethyl adjacent to an activating group) is 1. The molecule has 0 spiro atoms. The molecule has 1 amide bonds. The van der Waals surface area contributed by atoms with Gasteiger partial charge in [0.2, 0.25) is 11.2 Å². The summed E-state index contributed by atoms with van der Waals surface area (Å²) in [5.41, 5.74) is -3.30. The Morgan fingerprint density at radius 1 is 0.784 bits per heavy atom. The van der Waals surface area contributed by atoms with E-state index in [9.17, 15) is 24.0 Å². The summed E-state index contributed by atoms with van der Waals surface area (Å²) < 4.78 is 27.3. The van der Waals surface area contributed by atoms with E-state index in [2.05, 4.69) is 4.98 Å². The Bertz CT molecular complexity index is 1730. The summed E-state index contributed by atoms with van der Waals surface area (Å²) in [7, 11) is 3.54. The molecule has 4 heterocycles. The van der Waals surface area contributed by atoms with Crippen LogP contribution in [-0.4, -0.2) is 54.9 Å². The standard InChI is InChI=1S/C24H17N3O10/c1-26(2)10-11-27-19-20-22-25-23(37-17(31)9-8-16(30)36-22)21(19)35-15(29)7-6-14(28)33-12-4-3-5-13(34-20)18(12)24(27)32/h3-9H,10-11H2,1-2H3/b7-6?,9-8-. The highest BCUT2D eigenvalue weighted by Crippen LogP contribution is 2.42. The fourth-order valence-corrected chi connectivity index (χ4v) is 3.63. The van der Waals surface area contributed by atoms with Crippen LogP contribution in [0.1, 0.15) is 10.4 Å². The molecular formula is C24H17N3O10. The molecule has 13 nitrogen and oxygen atoms in total. The summed E-state index contributed by atoms with van der Waals surface area (Å²) in [6.45, 7) is 0.303. The smallest absolute Gasteiger partial charge is 0.337 e. The van der Waals surface area contributed by atoms with Crippen molar-refractivity contribution in [3.05, 3.63) is 68.9 Å². The number of pyridine rings is 1. The zero-order valence-electron chi connectivity index (χ0n) is 19.4. The van der Waals surface area contributed by atoms with Crippen LogP contribution in [0.5, 0.6) is 11.8 Å². The number of rotatable bonds is 3. The Hall–Kier alpha value is -5.04. The molecule has 3 aliphatic heterocycles. The van der Waals surface area contributed by atoms with Crippen LogP contribution in [0, 0.1) is 0 Å². The van der Waals surface area contributed by atoms with E-state index in [0.29, 0.717) is 6.54 Å². The molecular weight excluding hydrogens is 490 g/mol. The lowest BCUT2D eigenvalue weighted by Crippen LogP contribution is -2.37. The molecule has 1 aromatic heterocycles. The lowest BCUT2D eigenvalue weighted by Gasteiger charge is -2.24. The summed E-state index contributed by atoms with van der Waals surface area (Å²) in [6, 6.07) is 5.89. The highest BCUT2D eigenvalue weighted by molar-refractivity contribution is 6.18. The summed E-state index contributed by atoms with van der Waals surface area (Å²) in [4.78, 5) is 70.6. The Labute approximate surface area is 206 Å². The Morgan fingerprint density at radius 3 is 1.97 bits per heavy atom. The first-order valence-corrected chi connectivity index (χ1v) is 10.8. The van der Waals surface area contributed by atoms with Crippen molar-refractivity contribution in [2.45, 2.75) is 0 Å². The number of aromatic nitrogens is 1. The predicted molar refractivity (Wildman–Crippen MR) is 126 cm³/mol. The van der Waals surface area contributed by atoms with Crippen molar-refractivity contribution in [2.24, 2.45) is 0 Å². The van der Waals surface area contributed by atoms with Gasteiger partial charge in [-0.05, 0) is 26.2 Å². The van der Waals surface area contributed by atoms with Crippen LogP contribution < -0.4 is 25.6 Å². The van der Waals surface area contributed by atoms with Gasteiger partial charge < -0.3 is 27.6 Å². The number of benzene rings is 1. The van der Waals surface area contributed by atoms with Gasteiger partial charge in [0, 0.05) is 37.4 Å². The fourth-order valence-electron chi connectivity index (χ4n) is 3.63. The quantitative estimate of drug-likeness (QED) is 0.470. The second-order valence-corrected chi connectivity index (χ2v) is 8.07. The number of hydrogen-bond donors (Lipinski definition) is 0. The van der Waals surface area contributed by atoms with Crippen LogP contribution in [0.15, 0.2) is 65.3 Å². The van der Waals surface area contributed by atoms with Gasteiger partial charge in [-0.15, -0.1) is 0 Å². The van der Waals surface area contributed by atoms with Crippen molar-refractivity contribution >= 4 is 45.9 Å². The fraction of sp³-hybridized carbons (Fsp3) is 0.167. The average Bonchev–Trinajstić information content (AvgIpc) is 2.91. The molecule has 0 radical (unpaired) electrons. The van der Waals surface area contributed by atoms with Gasteiger partial charge >= 0.3 is 23.2 Å². The van der Waals surface area contributed by atoms with Crippen LogP contribution in [0.4, 0.5) is 5.69 Å². The topological polar surface area (TPSA) is 163 Å². The van der Waals surface area contributed by atoms with Crippen molar-refractivity contribution in [2.75, 3.05) is 32.1 Å². The maximum atomic E-state index is 14.0. The number of anilines is 1. The predicted octanol–water partition coefficient (Wildman–Crippen LogP) is 1.48. The van der Waals surface area contributed by atoms with Gasteiger partial charge in [0.05, 0.1) is 0 Å². The summed E-state index contributed by atoms with van der Waals surface area (Å²) in [6.07, 6.45) is 1.61. The molecule has 0 atom stereocenters. The number of ether oxygens (including phenoxy) is 2. The van der Waals surface area contributed by atoms with Gasteiger partial charge in [-0.2, -0.15) is 4.98 Å². The number of amides is 1. The van der Waals surface area contributed by atoms with Crippen LogP contribution in [0.25, 0.3) is 22.3 Å². The molecule has 188 valence electrons. The highest BCUT2D eigenvalue weighted by atomic mass is 16.6. The van der Waals surface area contributed by atoms with E-state index in [1.807, 2.05) is 0 Å². The van der Waals surface area contributed by atoms with Crippen LogP contribution in [0.2, 0.25) is 0 Å². The number of hydrogen-bond acceptors (Lipinski definition) is 12. The molecule has 37 heavy (non-hydrogen) atoms. The van der Waals surface area contributed by atoms with Crippen LogP contribution >= 0.6 is 0 Å². The molecule has 0 unspecified atom stereocenters. The number of fused-ring (bicyclic) bond motifs is 5. The summed E-state index contributed by atoms with van der Waals surface area (Å²) >= 11 is 0. The highest BCUT2D eigenvalue weighted by Gasteiger charge is 2.34. The average molecular weight is 507 g/mol. The summed E-state index contributed by atoms with van der Waals surface area (Å²) in [5, 5.41) is 0. The lowest BCUT2D eigenvalue weighted by atomic mass is 10.1. The SMILES string of the molecule is CN(C)CCN1C(=O)c2c3cccc2oc2c4nc(c(oc(=O)ccc(=O)o3)c21)OC(=O)/C=C\C(=O)O4. The normalized spacial score (nSPS) is 15.1. The minimum atomic E-state index is -1.08. The number of carbonyl (C=O) groups is 3. The van der Waals surface area contributed by atoms with Gasteiger partial charge in [-0.3, -0.25) is 9.69 Å². The molecule has 0 aliphatic carbocycles. The Morgan fingerprint density at radius 2 is 1.35 bits per heavy atom. The minimum absolute atomic E-state index is 0.00661. The van der Waals surface area contributed by atoms with E-state index >= 15 is 0 Å². The zero-order chi connectivity index (χ0) is 26.3. The van der Waals surface area contributed by atoms with Gasteiger partial charge in [0.15, 0.2) is 0 Å². The molecule has 4 bridgehead atoms. The molecule has 13 heteroatoms. The second-order valence-electron chi connectivity index (χ2n) is 8.07. The first-order valence-electron chi connectivity index (χ1n) is 10.8. The largest absolute Gasteiger partial charge is 0.448 e. The van der Waals surface area contributed by atoms with E-state index in [1.54, 1.807) is 19.0 Å². The number of carbonyl (C=O) groups excluding carboxylic acids is 3. The van der Waals surface area contributed by atoms with E-state index in [1.165, 1.54) is 23.1 Å². The third kappa shape index (κ3) is 4.50. The Balaban J connectivity index is 2.06. The molecule has 0 saturated carbocycles. The van der Waals surface area contributed by atoms with Crippen molar-refractivity contribution in [3.8, 4) is 11.8 Å². The Kier molecular flexibility index (Phi) is 5.89. The second kappa shape index (κ2) is 9.20. The third-order valence-corrected chi connectivity index (χ3v) is 5.24. The van der Waals surface area contributed by atoms with Gasteiger partial charge in [0.1, 0.15) is 22.4 Å². The first kappa shape index (κ1) is 23.7. The summed E-state index contributed by atoms with van der Waals surface area (Å²) in [5.74, 6) is -3.74. The van der Waals surface area contributed by atoms with E-state index in [4.69, 9.17) is 22.7 Å². The van der Waals surface area contributed by atoms with Crippen molar-refractivity contribution in [3.63, 3.8) is 0 Å². The maximum Gasteiger partial charge on any atom is 0.337 e. The monoisotopic (exact) mass is 507 g/mol. The van der Waals surface area contributed by atoms with E-state index < -0.39 is 46.4 Å². The molecule has 0 N–H and O–H groups in total. The molecule has 5 rings (SSSR count). The maximum absolute atomic E-state index is 14.0. The van der Waals surface area contributed by atoms with Gasteiger partial charge in [-0.25, -0.2) is 19.2 Å². The third-order valence-electron chi connectivity index (χ3n) is 5.24. The minimum Gasteiger partial charge on any atom is -0.448 e.